The molecule has 2 saturated heterocycles. The van der Waals surface area contributed by atoms with Crippen LogP contribution >= 0.6 is 0 Å². The van der Waals surface area contributed by atoms with Crippen molar-refractivity contribution in [3.8, 4) is 0 Å². The lowest BCUT2D eigenvalue weighted by molar-refractivity contribution is 0.0466. The van der Waals surface area contributed by atoms with E-state index in [1.807, 2.05) is 0 Å². The zero-order valence-corrected chi connectivity index (χ0v) is 13.5. The van der Waals surface area contributed by atoms with E-state index in [1.165, 1.54) is 18.9 Å². The van der Waals surface area contributed by atoms with Gasteiger partial charge in [0, 0.05) is 13.2 Å². The number of epoxide rings is 1. The van der Waals surface area contributed by atoms with E-state index in [2.05, 4.69) is 13.8 Å². The van der Waals surface area contributed by atoms with Gasteiger partial charge in [0.2, 0.25) is 0 Å². The maximum atomic E-state index is 6.19. The van der Waals surface area contributed by atoms with Crippen LogP contribution in [0.5, 0.6) is 0 Å². The predicted molar refractivity (Wildman–Crippen MR) is 76.7 cm³/mol. The van der Waals surface area contributed by atoms with Crippen molar-refractivity contribution in [3.05, 3.63) is 0 Å². The first-order valence-electron chi connectivity index (χ1n) is 7.64. The summed E-state index contributed by atoms with van der Waals surface area (Å²) in [4.78, 5) is 0. The third kappa shape index (κ3) is 6.86. The van der Waals surface area contributed by atoms with Crippen molar-refractivity contribution < 1.29 is 18.3 Å². The van der Waals surface area contributed by atoms with Gasteiger partial charge in [-0.15, -0.1) is 0 Å². The van der Waals surface area contributed by atoms with Crippen LogP contribution in [0, 0.1) is 0 Å². The summed E-state index contributed by atoms with van der Waals surface area (Å²) in [5, 5.41) is 0. The number of ether oxygens (including phenoxy) is 2. The van der Waals surface area contributed by atoms with Crippen LogP contribution in [0.3, 0.4) is 0 Å². The van der Waals surface area contributed by atoms with E-state index in [1.54, 1.807) is 0 Å². The fourth-order valence-corrected chi connectivity index (χ4v) is 4.59. The van der Waals surface area contributed by atoms with Crippen molar-refractivity contribution in [1.29, 1.82) is 0 Å². The summed E-state index contributed by atoms with van der Waals surface area (Å²) in [6.07, 6.45) is 6.21. The topological polar surface area (TPSA) is 40.2 Å². The quantitative estimate of drug-likeness (QED) is 0.371. The summed E-state index contributed by atoms with van der Waals surface area (Å²) >= 11 is 0. The van der Waals surface area contributed by atoms with Gasteiger partial charge in [0.05, 0.1) is 18.8 Å². The lowest BCUT2D eigenvalue weighted by atomic mass is 10.0. The molecule has 2 rings (SSSR count). The molecule has 0 radical (unpaired) electrons. The molecule has 19 heavy (non-hydrogen) atoms. The molecule has 5 heteroatoms. The van der Waals surface area contributed by atoms with Crippen molar-refractivity contribution in [2.75, 3.05) is 26.4 Å². The molecule has 2 aliphatic heterocycles. The van der Waals surface area contributed by atoms with Gasteiger partial charge >= 0.3 is 9.28 Å². The van der Waals surface area contributed by atoms with Crippen molar-refractivity contribution in [2.24, 2.45) is 0 Å². The summed E-state index contributed by atoms with van der Waals surface area (Å²) in [7, 11) is -1.37. The van der Waals surface area contributed by atoms with Gasteiger partial charge < -0.3 is 18.3 Å². The van der Waals surface area contributed by atoms with Gasteiger partial charge in [-0.25, -0.2) is 0 Å². The van der Waals surface area contributed by atoms with Crippen LogP contribution < -0.4 is 0 Å². The zero-order chi connectivity index (χ0) is 13.6. The van der Waals surface area contributed by atoms with Crippen molar-refractivity contribution >= 4 is 9.28 Å². The highest BCUT2D eigenvalue weighted by atomic mass is 28.3. The van der Waals surface area contributed by atoms with Gasteiger partial charge in [-0.3, -0.25) is 0 Å². The summed E-state index contributed by atoms with van der Waals surface area (Å²) in [6.45, 7) is 7.78. The van der Waals surface area contributed by atoms with E-state index < -0.39 is 9.28 Å². The Morgan fingerprint density at radius 3 is 2.79 bits per heavy atom. The van der Waals surface area contributed by atoms with Gasteiger partial charge in [-0.2, -0.15) is 0 Å². The molecular weight excluding hydrogens is 260 g/mol. The maximum absolute atomic E-state index is 6.19. The number of rotatable bonds is 9. The standard InChI is InChI=1S/C14H28O4Si/c1-14(2,18-19-10-6-5-9-17-19)7-3-4-8-15-11-13-12-16-13/h13,19H,3-12H2,1-2H3. The highest BCUT2D eigenvalue weighted by Gasteiger charge is 2.27. The molecule has 0 spiro atoms. The van der Waals surface area contributed by atoms with Crippen LogP contribution in [0.4, 0.5) is 0 Å². The highest BCUT2D eigenvalue weighted by Crippen LogP contribution is 2.23. The molecule has 0 N–H and O–H groups in total. The van der Waals surface area contributed by atoms with Crippen molar-refractivity contribution in [1.82, 2.24) is 0 Å². The minimum absolute atomic E-state index is 0.0339. The van der Waals surface area contributed by atoms with E-state index in [0.29, 0.717) is 6.10 Å². The Balaban J connectivity index is 1.49. The summed E-state index contributed by atoms with van der Waals surface area (Å²) in [5.41, 5.74) is -0.0339. The Morgan fingerprint density at radius 1 is 1.26 bits per heavy atom. The number of unbranched alkanes of at least 4 members (excludes halogenated alkanes) is 1. The molecule has 0 aliphatic carbocycles. The van der Waals surface area contributed by atoms with Crippen LogP contribution in [0.25, 0.3) is 0 Å². The van der Waals surface area contributed by atoms with Gasteiger partial charge in [-0.05, 0) is 52.0 Å². The second kappa shape index (κ2) is 7.74. The van der Waals surface area contributed by atoms with Crippen molar-refractivity contribution in [2.45, 2.75) is 63.7 Å². The third-order valence-electron chi connectivity index (χ3n) is 3.61. The van der Waals surface area contributed by atoms with Gasteiger partial charge in [-0.1, -0.05) is 0 Å². The number of hydrogen-bond donors (Lipinski definition) is 0. The van der Waals surface area contributed by atoms with E-state index in [9.17, 15) is 0 Å². The molecule has 112 valence electrons. The molecule has 0 aromatic rings. The molecule has 4 nitrogen and oxygen atoms in total. The minimum Gasteiger partial charge on any atom is -0.397 e. The molecule has 2 unspecified atom stereocenters. The molecular formula is C14H28O4Si. The predicted octanol–water partition coefficient (Wildman–Crippen LogP) is 2.40. The Bertz CT molecular complexity index is 250. The van der Waals surface area contributed by atoms with Gasteiger partial charge in [0.15, 0.2) is 0 Å². The van der Waals surface area contributed by atoms with Crippen LogP contribution in [0.15, 0.2) is 0 Å². The number of hydrogen-bond acceptors (Lipinski definition) is 4. The molecule has 0 amide bonds. The van der Waals surface area contributed by atoms with Crippen LogP contribution in [0.2, 0.25) is 6.04 Å². The molecule has 0 saturated carbocycles. The molecule has 2 aliphatic rings. The van der Waals surface area contributed by atoms with Gasteiger partial charge in [0.1, 0.15) is 6.10 Å². The molecule has 0 bridgehead atoms. The van der Waals surface area contributed by atoms with E-state index in [0.717, 1.165) is 45.7 Å². The first-order chi connectivity index (χ1) is 9.16. The maximum Gasteiger partial charge on any atom is 0.321 e. The molecule has 2 atom stereocenters. The van der Waals surface area contributed by atoms with Crippen LogP contribution in [-0.4, -0.2) is 47.4 Å². The summed E-state index contributed by atoms with van der Waals surface area (Å²) in [5.74, 6) is 0. The minimum atomic E-state index is -1.37. The summed E-state index contributed by atoms with van der Waals surface area (Å²) in [6, 6.07) is 1.17. The third-order valence-corrected chi connectivity index (χ3v) is 6.00. The molecule has 2 heterocycles. The largest absolute Gasteiger partial charge is 0.397 e. The Kier molecular flexibility index (Phi) is 6.29. The van der Waals surface area contributed by atoms with Crippen LogP contribution in [-0.2, 0) is 18.3 Å². The van der Waals surface area contributed by atoms with Crippen LogP contribution in [0.1, 0.15) is 46.0 Å². The molecule has 0 aromatic heterocycles. The fraction of sp³-hybridized carbons (Fsp3) is 1.00. The zero-order valence-electron chi connectivity index (χ0n) is 12.4. The monoisotopic (exact) mass is 288 g/mol. The van der Waals surface area contributed by atoms with E-state index in [4.69, 9.17) is 18.3 Å². The van der Waals surface area contributed by atoms with E-state index >= 15 is 0 Å². The Hall–Kier alpha value is 0.0569. The first kappa shape index (κ1) is 15.4. The first-order valence-corrected chi connectivity index (χ1v) is 9.40. The molecule has 0 aromatic carbocycles. The highest BCUT2D eigenvalue weighted by molar-refractivity contribution is 6.44. The smallest absolute Gasteiger partial charge is 0.321 e. The second-order valence-electron chi connectivity index (χ2n) is 6.16. The normalized spacial score (nSPS) is 27.5. The fourth-order valence-electron chi connectivity index (χ4n) is 2.35. The average molecular weight is 288 g/mol. The SMILES string of the molecule is CC(C)(CCCCOCC1CO1)O[SiH]1CCCCO1. The Labute approximate surface area is 118 Å². The Morgan fingerprint density at radius 2 is 2.11 bits per heavy atom. The average Bonchev–Trinajstić information content (AvgIpc) is 3.18. The lowest BCUT2D eigenvalue weighted by Crippen LogP contribution is -2.37. The summed E-state index contributed by atoms with van der Waals surface area (Å²) < 4.78 is 22.6. The lowest BCUT2D eigenvalue weighted by Gasteiger charge is -2.32. The van der Waals surface area contributed by atoms with Crippen molar-refractivity contribution in [3.63, 3.8) is 0 Å². The van der Waals surface area contributed by atoms with E-state index in [-0.39, 0.29) is 5.60 Å². The molecule has 2 fully saturated rings. The second-order valence-corrected chi connectivity index (χ2v) is 8.17. The van der Waals surface area contributed by atoms with Gasteiger partial charge in [0.25, 0.3) is 0 Å².